The molecule has 2 aromatic rings. The van der Waals surface area contributed by atoms with Gasteiger partial charge in [0.25, 0.3) is 5.91 Å². The normalized spacial score (nSPS) is 15.7. The second-order valence-corrected chi connectivity index (χ2v) is 7.38. The molecule has 1 aliphatic rings. The molecule has 1 saturated heterocycles. The summed E-state index contributed by atoms with van der Waals surface area (Å²) in [5, 5.41) is 5.60. The molecular weight excluding hydrogens is 396 g/mol. The van der Waals surface area contributed by atoms with E-state index in [4.69, 9.17) is 4.74 Å². The number of nitrogens with zero attached hydrogens (tertiary/aromatic N) is 2. The number of rotatable bonds is 9. The summed E-state index contributed by atoms with van der Waals surface area (Å²) in [5.74, 6) is 0.184. The van der Waals surface area contributed by atoms with Crippen LogP contribution in [-0.2, 0) is 9.59 Å². The first-order valence-electron chi connectivity index (χ1n) is 10.5. The molecule has 0 bridgehead atoms. The van der Waals surface area contributed by atoms with Crippen molar-refractivity contribution < 1.29 is 19.1 Å². The zero-order chi connectivity index (χ0) is 21.9. The smallest absolute Gasteiger partial charge is 0.252 e. The van der Waals surface area contributed by atoms with E-state index in [2.05, 4.69) is 15.6 Å². The van der Waals surface area contributed by atoms with Crippen LogP contribution in [0.1, 0.15) is 29.6 Å². The van der Waals surface area contributed by atoms with Crippen molar-refractivity contribution in [2.45, 2.75) is 19.3 Å². The van der Waals surface area contributed by atoms with E-state index in [1.54, 1.807) is 23.2 Å². The molecule has 2 heterocycles. The SMILES string of the molecule is O=C(NCCNC(=O)C1CCCN(C(=O)CCOc2ccccc2)C1)c1cccnc1. The Hall–Kier alpha value is -3.42. The van der Waals surface area contributed by atoms with Crippen LogP contribution in [0, 0.1) is 5.92 Å². The van der Waals surface area contributed by atoms with Crippen LogP contribution in [0.3, 0.4) is 0 Å². The summed E-state index contributed by atoms with van der Waals surface area (Å²) in [5.41, 5.74) is 0.478. The van der Waals surface area contributed by atoms with Crippen LogP contribution in [-0.4, -0.2) is 60.4 Å². The van der Waals surface area contributed by atoms with Crippen LogP contribution in [0.25, 0.3) is 0 Å². The van der Waals surface area contributed by atoms with Gasteiger partial charge in [0.15, 0.2) is 0 Å². The number of ether oxygens (including phenoxy) is 1. The minimum Gasteiger partial charge on any atom is -0.493 e. The molecule has 8 heteroatoms. The molecule has 1 aromatic carbocycles. The summed E-state index contributed by atoms with van der Waals surface area (Å²) >= 11 is 0. The quantitative estimate of drug-likeness (QED) is 0.596. The Morgan fingerprint density at radius 1 is 1.06 bits per heavy atom. The maximum Gasteiger partial charge on any atom is 0.252 e. The highest BCUT2D eigenvalue weighted by Crippen LogP contribution is 2.17. The molecular formula is C23H28N4O4. The molecule has 1 fully saturated rings. The van der Waals surface area contributed by atoms with Gasteiger partial charge in [-0.1, -0.05) is 18.2 Å². The lowest BCUT2D eigenvalue weighted by Gasteiger charge is -2.32. The molecule has 164 valence electrons. The van der Waals surface area contributed by atoms with Gasteiger partial charge >= 0.3 is 0 Å². The van der Waals surface area contributed by atoms with Crippen LogP contribution in [0.2, 0.25) is 0 Å². The fourth-order valence-corrected chi connectivity index (χ4v) is 3.45. The number of hydrogen-bond donors (Lipinski definition) is 2. The van der Waals surface area contributed by atoms with E-state index in [-0.39, 0.29) is 30.1 Å². The molecule has 3 amide bonds. The van der Waals surface area contributed by atoms with Crippen LogP contribution in [0.5, 0.6) is 5.75 Å². The molecule has 1 aliphatic heterocycles. The van der Waals surface area contributed by atoms with E-state index in [0.717, 1.165) is 18.6 Å². The summed E-state index contributed by atoms with van der Waals surface area (Å²) in [6.07, 6.45) is 4.92. The molecule has 1 aromatic heterocycles. The zero-order valence-electron chi connectivity index (χ0n) is 17.5. The largest absolute Gasteiger partial charge is 0.493 e. The number of likely N-dealkylation sites (tertiary alicyclic amines) is 1. The molecule has 0 aliphatic carbocycles. The number of amides is 3. The first kappa shape index (κ1) is 22.3. The molecule has 1 unspecified atom stereocenters. The second kappa shape index (κ2) is 11.7. The lowest BCUT2D eigenvalue weighted by Crippen LogP contribution is -2.46. The molecule has 8 nitrogen and oxygen atoms in total. The van der Waals surface area contributed by atoms with Crippen molar-refractivity contribution >= 4 is 17.7 Å². The Morgan fingerprint density at radius 3 is 2.65 bits per heavy atom. The number of piperidine rings is 1. The van der Waals surface area contributed by atoms with Gasteiger partial charge in [-0.2, -0.15) is 0 Å². The molecule has 3 rings (SSSR count). The summed E-state index contributed by atoms with van der Waals surface area (Å²) in [4.78, 5) is 42.6. The number of aromatic nitrogens is 1. The van der Waals surface area contributed by atoms with Gasteiger partial charge in [-0.3, -0.25) is 19.4 Å². The van der Waals surface area contributed by atoms with Gasteiger partial charge in [0.1, 0.15) is 5.75 Å². The summed E-state index contributed by atoms with van der Waals surface area (Å²) < 4.78 is 5.59. The molecule has 1 atom stereocenters. The average Bonchev–Trinajstić information content (AvgIpc) is 2.82. The van der Waals surface area contributed by atoms with Gasteiger partial charge < -0.3 is 20.3 Å². The number of nitrogens with one attached hydrogen (secondary N) is 2. The lowest BCUT2D eigenvalue weighted by atomic mass is 9.97. The van der Waals surface area contributed by atoms with Crippen molar-refractivity contribution in [3.63, 3.8) is 0 Å². The number of para-hydroxylation sites is 1. The summed E-state index contributed by atoms with van der Waals surface area (Å²) in [7, 11) is 0. The molecule has 0 saturated carbocycles. The van der Waals surface area contributed by atoms with Crippen molar-refractivity contribution in [2.24, 2.45) is 5.92 Å². The number of hydrogen-bond acceptors (Lipinski definition) is 5. The standard InChI is InChI=1S/C23H28N4O4/c28-21(10-15-31-20-8-2-1-3-9-20)27-14-5-7-19(17-27)23(30)26-13-12-25-22(29)18-6-4-11-24-16-18/h1-4,6,8-9,11,16,19H,5,7,10,12-15,17H2,(H,25,29)(H,26,30). The average molecular weight is 425 g/mol. The van der Waals surface area contributed by atoms with Gasteiger partial charge in [0.05, 0.1) is 24.5 Å². The van der Waals surface area contributed by atoms with Crippen molar-refractivity contribution in [1.29, 1.82) is 0 Å². The minimum atomic E-state index is -0.234. The van der Waals surface area contributed by atoms with Crippen molar-refractivity contribution in [3.05, 3.63) is 60.4 Å². The summed E-state index contributed by atoms with van der Waals surface area (Å²) in [6.45, 7) is 2.05. The number of pyridine rings is 1. The second-order valence-electron chi connectivity index (χ2n) is 7.38. The minimum absolute atomic E-state index is 0.00262. The Morgan fingerprint density at radius 2 is 1.87 bits per heavy atom. The predicted octanol–water partition coefficient (Wildman–Crippen LogP) is 1.64. The van der Waals surface area contributed by atoms with Gasteiger partial charge in [0, 0.05) is 38.6 Å². The molecule has 0 radical (unpaired) electrons. The first-order valence-corrected chi connectivity index (χ1v) is 10.5. The van der Waals surface area contributed by atoms with Gasteiger partial charge in [-0.25, -0.2) is 0 Å². The van der Waals surface area contributed by atoms with Crippen molar-refractivity contribution in [1.82, 2.24) is 20.5 Å². The summed E-state index contributed by atoms with van der Waals surface area (Å²) in [6, 6.07) is 12.8. The highest BCUT2D eigenvalue weighted by molar-refractivity contribution is 5.93. The maximum absolute atomic E-state index is 12.5. The Bertz CT molecular complexity index is 860. The zero-order valence-corrected chi connectivity index (χ0v) is 17.5. The highest BCUT2D eigenvalue weighted by Gasteiger charge is 2.28. The van der Waals surface area contributed by atoms with E-state index in [9.17, 15) is 14.4 Å². The molecule has 0 spiro atoms. The van der Waals surface area contributed by atoms with E-state index in [1.807, 2.05) is 30.3 Å². The van der Waals surface area contributed by atoms with E-state index >= 15 is 0 Å². The predicted molar refractivity (Wildman–Crippen MR) is 115 cm³/mol. The van der Waals surface area contributed by atoms with E-state index in [1.165, 1.54) is 6.20 Å². The van der Waals surface area contributed by atoms with Crippen LogP contribution < -0.4 is 15.4 Å². The van der Waals surface area contributed by atoms with Gasteiger partial charge in [0.2, 0.25) is 11.8 Å². The van der Waals surface area contributed by atoms with Gasteiger partial charge in [-0.05, 0) is 37.1 Å². The fraction of sp³-hybridized carbons (Fsp3) is 0.391. The number of carbonyl (C=O) groups is 3. The van der Waals surface area contributed by atoms with Crippen LogP contribution in [0.4, 0.5) is 0 Å². The molecule has 31 heavy (non-hydrogen) atoms. The third-order valence-corrected chi connectivity index (χ3v) is 5.11. The Labute approximate surface area is 182 Å². The first-order chi connectivity index (χ1) is 15.1. The number of carbonyl (C=O) groups excluding carboxylic acids is 3. The van der Waals surface area contributed by atoms with E-state index < -0.39 is 0 Å². The topological polar surface area (TPSA) is 101 Å². The number of benzene rings is 1. The van der Waals surface area contributed by atoms with Gasteiger partial charge in [-0.15, -0.1) is 0 Å². The van der Waals surface area contributed by atoms with Crippen molar-refractivity contribution in [3.8, 4) is 5.75 Å². The van der Waals surface area contributed by atoms with Crippen LogP contribution in [0.15, 0.2) is 54.9 Å². The van der Waals surface area contributed by atoms with Crippen LogP contribution >= 0.6 is 0 Å². The third kappa shape index (κ3) is 7.09. The Kier molecular flexibility index (Phi) is 8.39. The van der Waals surface area contributed by atoms with E-state index in [0.29, 0.717) is 38.3 Å². The lowest BCUT2D eigenvalue weighted by molar-refractivity contribution is -0.136. The fourth-order valence-electron chi connectivity index (χ4n) is 3.45. The highest BCUT2D eigenvalue weighted by atomic mass is 16.5. The van der Waals surface area contributed by atoms with Crippen molar-refractivity contribution in [2.75, 3.05) is 32.8 Å². The monoisotopic (exact) mass is 424 g/mol. The maximum atomic E-state index is 12.5. The Balaban J connectivity index is 1.34. The third-order valence-electron chi connectivity index (χ3n) is 5.11. The molecule has 2 N–H and O–H groups in total.